The average Bonchev–Trinajstić information content (AvgIpc) is 2.27. The summed E-state index contributed by atoms with van der Waals surface area (Å²) in [4.78, 5) is 0. The third-order valence-corrected chi connectivity index (χ3v) is 2.90. The van der Waals surface area contributed by atoms with E-state index in [1.54, 1.807) is 0 Å². The number of nitrogens with one attached hydrogen (secondary N) is 1. The maximum absolute atomic E-state index is 5.66. The van der Waals surface area contributed by atoms with Gasteiger partial charge in [0.2, 0.25) is 0 Å². The molecule has 1 atom stereocenters. The number of hydrogen-bond donors (Lipinski definition) is 1. The molecule has 1 aromatic carbocycles. The zero-order chi connectivity index (χ0) is 11.8. The standard InChI is InChI=1S/C13H20BrNO/c1-3-4-11(2)16-10-9-15-13-7-5-12(14)6-8-13/h5-8,11,15H,3-4,9-10H2,1-2H3. The Hall–Kier alpha value is -0.540. The Bertz CT molecular complexity index is 286. The zero-order valence-electron chi connectivity index (χ0n) is 10.0. The van der Waals surface area contributed by atoms with Crippen LogP contribution in [-0.2, 0) is 4.74 Å². The van der Waals surface area contributed by atoms with Crippen LogP contribution in [0.5, 0.6) is 0 Å². The van der Waals surface area contributed by atoms with E-state index in [2.05, 4.69) is 47.2 Å². The molecule has 0 bridgehead atoms. The Balaban J connectivity index is 2.13. The fraction of sp³-hybridized carbons (Fsp3) is 0.538. The molecule has 0 amide bonds. The molecule has 90 valence electrons. The van der Waals surface area contributed by atoms with E-state index in [0.29, 0.717) is 6.10 Å². The highest BCUT2D eigenvalue weighted by Gasteiger charge is 1.99. The Labute approximate surface area is 107 Å². The molecule has 0 saturated carbocycles. The highest BCUT2D eigenvalue weighted by Crippen LogP contribution is 2.13. The van der Waals surface area contributed by atoms with Crippen molar-refractivity contribution in [2.75, 3.05) is 18.5 Å². The molecular weight excluding hydrogens is 266 g/mol. The van der Waals surface area contributed by atoms with Gasteiger partial charge in [-0.05, 0) is 37.6 Å². The number of benzene rings is 1. The normalized spacial score (nSPS) is 12.4. The summed E-state index contributed by atoms with van der Waals surface area (Å²) in [6.07, 6.45) is 2.69. The van der Waals surface area contributed by atoms with Crippen LogP contribution in [0.4, 0.5) is 5.69 Å². The SMILES string of the molecule is CCCC(C)OCCNc1ccc(Br)cc1. The maximum Gasteiger partial charge on any atom is 0.0642 e. The van der Waals surface area contributed by atoms with Crippen LogP contribution in [0.3, 0.4) is 0 Å². The molecule has 0 heterocycles. The van der Waals surface area contributed by atoms with E-state index >= 15 is 0 Å². The van der Waals surface area contributed by atoms with Crippen molar-refractivity contribution in [2.45, 2.75) is 32.8 Å². The van der Waals surface area contributed by atoms with Crippen LogP contribution in [-0.4, -0.2) is 19.3 Å². The zero-order valence-corrected chi connectivity index (χ0v) is 11.6. The Kier molecular flexibility index (Phi) is 6.50. The summed E-state index contributed by atoms with van der Waals surface area (Å²) in [5, 5.41) is 3.32. The van der Waals surface area contributed by atoms with Crippen molar-refractivity contribution >= 4 is 21.6 Å². The van der Waals surface area contributed by atoms with Gasteiger partial charge >= 0.3 is 0 Å². The summed E-state index contributed by atoms with van der Waals surface area (Å²) in [6, 6.07) is 8.17. The van der Waals surface area contributed by atoms with Crippen LogP contribution in [0.1, 0.15) is 26.7 Å². The molecule has 1 unspecified atom stereocenters. The van der Waals surface area contributed by atoms with Gasteiger partial charge in [-0.3, -0.25) is 0 Å². The van der Waals surface area contributed by atoms with Crippen LogP contribution in [0.2, 0.25) is 0 Å². The first-order valence-electron chi connectivity index (χ1n) is 5.83. The molecule has 16 heavy (non-hydrogen) atoms. The smallest absolute Gasteiger partial charge is 0.0642 e. The molecule has 0 aliphatic rings. The molecule has 1 rings (SSSR count). The van der Waals surface area contributed by atoms with Gasteiger partial charge in [-0.15, -0.1) is 0 Å². The second-order valence-corrected chi connectivity index (χ2v) is 4.82. The highest BCUT2D eigenvalue weighted by atomic mass is 79.9. The summed E-state index contributed by atoms with van der Waals surface area (Å²) in [7, 11) is 0. The van der Waals surface area contributed by atoms with Crippen LogP contribution in [0.15, 0.2) is 28.7 Å². The van der Waals surface area contributed by atoms with Crippen LogP contribution < -0.4 is 5.32 Å². The van der Waals surface area contributed by atoms with Crippen molar-refractivity contribution in [3.8, 4) is 0 Å². The minimum absolute atomic E-state index is 0.372. The van der Waals surface area contributed by atoms with Crippen molar-refractivity contribution in [3.05, 3.63) is 28.7 Å². The van der Waals surface area contributed by atoms with Gasteiger partial charge in [0.25, 0.3) is 0 Å². The summed E-state index contributed by atoms with van der Waals surface area (Å²) in [6.45, 7) is 5.93. The number of ether oxygens (including phenoxy) is 1. The van der Waals surface area contributed by atoms with Crippen molar-refractivity contribution in [1.82, 2.24) is 0 Å². The van der Waals surface area contributed by atoms with Crippen molar-refractivity contribution < 1.29 is 4.74 Å². The summed E-state index contributed by atoms with van der Waals surface area (Å²) < 4.78 is 6.76. The monoisotopic (exact) mass is 285 g/mol. The van der Waals surface area contributed by atoms with Gasteiger partial charge < -0.3 is 10.1 Å². The summed E-state index contributed by atoms with van der Waals surface area (Å²) in [5.41, 5.74) is 1.13. The fourth-order valence-corrected chi connectivity index (χ4v) is 1.78. The van der Waals surface area contributed by atoms with E-state index in [1.807, 2.05) is 12.1 Å². The number of anilines is 1. The van der Waals surface area contributed by atoms with Gasteiger partial charge in [0.1, 0.15) is 0 Å². The fourth-order valence-electron chi connectivity index (χ4n) is 1.51. The first kappa shape index (κ1) is 13.5. The van der Waals surface area contributed by atoms with Crippen molar-refractivity contribution in [2.24, 2.45) is 0 Å². The van der Waals surface area contributed by atoms with Gasteiger partial charge in [0.05, 0.1) is 12.7 Å². The third kappa shape index (κ3) is 5.52. The van der Waals surface area contributed by atoms with Gasteiger partial charge in [-0.1, -0.05) is 29.3 Å². The van der Waals surface area contributed by atoms with Gasteiger partial charge in [0, 0.05) is 16.7 Å². The Morgan fingerprint density at radius 3 is 2.62 bits per heavy atom. The van der Waals surface area contributed by atoms with Crippen molar-refractivity contribution in [3.63, 3.8) is 0 Å². The average molecular weight is 286 g/mol. The lowest BCUT2D eigenvalue weighted by Crippen LogP contribution is -2.15. The summed E-state index contributed by atoms with van der Waals surface area (Å²) >= 11 is 3.41. The van der Waals surface area contributed by atoms with Crippen molar-refractivity contribution in [1.29, 1.82) is 0 Å². The second kappa shape index (κ2) is 7.69. The molecule has 2 nitrogen and oxygen atoms in total. The molecule has 0 aromatic heterocycles. The molecule has 1 N–H and O–H groups in total. The van der Waals surface area contributed by atoms with Crippen LogP contribution >= 0.6 is 15.9 Å². The minimum atomic E-state index is 0.372. The van der Waals surface area contributed by atoms with Gasteiger partial charge in [0.15, 0.2) is 0 Å². The van der Waals surface area contributed by atoms with E-state index in [0.717, 1.165) is 29.7 Å². The molecule has 0 fully saturated rings. The van der Waals surface area contributed by atoms with E-state index in [9.17, 15) is 0 Å². The predicted molar refractivity (Wildman–Crippen MR) is 73.0 cm³/mol. The molecule has 1 aromatic rings. The lowest BCUT2D eigenvalue weighted by atomic mass is 10.2. The molecule has 0 saturated heterocycles. The first-order valence-corrected chi connectivity index (χ1v) is 6.62. The first-order chi connectivity index (χ1) is 7.72. The highest BCUT2D eigenvalue weighted by molar-refractivity contribution is 9.10. The molecular formula is C13H20BrNO. The van der Waals surface area contributed by atoms with E-state index in [4.69, 9.17) is 4.74 Å². The number of rotatable bonds is 7. The lowest BCUT2D eigenvalue weighted by Gasteiger charge is -2.12. The number of halogens is 1. The largest absolute Gasteiger partial charge is 0.383 e. The van der Waals surface area contributed by atoms with E-state index in [1.165, 1.54) is 6.42 Å². The van der Waals surface area contributed by atoms with Crippen LogP contribution in [0.25, 0.3) is 0 Å². The Morgan fingerprint density at radius 2 is 2.00 bits per heavy atom. The minimum Gasteiger partial charge on any atom is -0.383 e. The molecule has 0 radical (unpaired) electrons. The van der Waals surface area contributed by atoms with E-state index in [-0.39, 0.29) is 0 Å². The third-order valence-electron chi connectivity index (χ3n) is 2.37. The number of hydrogen-bond acceptors (Lipinski definition) is 2. The Morgan fingerprint density at radius 1 is 1.31 bits per heavy atom. The predicted octanol–water partition coefficient (Wildman–Crippen LogP) is 4.07. The van der Waals surface area contributed by atoms with E-state index < -0.39 is 0 Å². The lowest BCUT2D eigenvalue weighted by molar-refractivity contribution is 0.0673. The molecule has 0 spiro atoms. The molecule has 3 heteroatoms. The van der Waals surface area contributed by atoms with Gasteiger partial charge in [-0.2, -0.15) is 0 Å². The van der Waals surface area contributed by atoms with Crippen LogP contribution in [0, 0.1) is 0 Å². The quantitative estimate of drug-likeness (QED) is 0.763. The second-order valence-electron chi connectivity index (χ2n) is 3.90. The molecule has 0 aliphatic heterocycles. The topological polar surface area (TPSA) is 21.3 Å². The van der Waals surface area contributed by atoms with Gasteiger partial charge in [-0.25, -0.2) is 0 Å². The maximum atomic E-state index is 5.66. The molecule has 0 aliphatic carbocycles. The summed E-state index contributed by atoms with van der Waals surface area (Å²) in [5.74, 6) is 0.